The van der Waals surface area contributed by atoms with Crippen molar-refractivity contribution in [1.29, 1.82) is 0 Å². The Morgan fingerprint density at radius 1 is 1.32 bits per heavy atom. The van der Waals surface area contributed by atoms with E-state index < -0.39 is 21.7 Å². The van der Waals surface area contributed by atoms with Crippen molar-refractivity contribution < 1.29 is 27.1 Å². The lowest BCUT2D eigenvalue weighted by Crippen LogP contribution is -2.34. The summed E-state index contributed by atoms with van der Waals surface area (Å²) < 4.78 is 49.7. The molecule has 1 aliphatic rings. The van der Waals surface area contributed by atoms with Gasteiger partial charge in [0.15, 0.2) is 0 Å². The van der Waals surface area contributed by atoms with Gasteiger partial charge in [0.1, 0.15) is 17.1 Å². The Morgan fingerprint density at radius 2 is 2.00 bits per heavy atom. The smallest absolute Gasteiger partial charge is 0.407 e. The number of hydrogen-bond acceptors (Lipinski definition) is 6. The molecule has 0 bridgehead atoms. The number of carbonyl (C=O) groups is 1. The number of carbonyl (C=O) groups excluding carboxylic acids is 1. The molecule has 0 aromatic carbocycles. The maximum Gasteiger partial charge on any atom is 0.407 e. The van der Waals surface area contributed by atoms with Gasteiger partial charge < -0.3 is 14.8 Å². The van der Waals surface area contributed by atoms with Crippen LogP contribution < -0.4 is 10.1 Å². The quantitative estimate of drug-likeness (QED) is 0.735. The number of rotatable bonds is 7. The summed E-state index contributed by atoms with van der Waals surface area (Å²) in [6.07, 6.45) is 2.60. The number of pyridine rings is 1. The van der Waals surface area contributed by atoms with Crippen LogP contribution in [0.4, 0.5) is 9.18 Å². The van der Waals surface area contributed by atoms with E-state index in [9.17, 15) is 17.6 Å². The fourth-order valence-electron chi connectivity index (χ4n) is 2.47. The van der Waals surface area contributed by atoms with Gasteiger partial charge in [-0.2, -0.15) is 4.31 Å². The van der Waals surface area contributed by atoms with Crippen LogP contribution in [0, 0.1) is 0 Å². The first-order valence-electron chi connectivity index (χ1n) is 8.96. The molecule has 8 nitrogen and oxygen atoms in total. The molecule has 1 fully saturated rings. The molecule has 2 rings (SSSR count). The summed E-state index contributed by atoms with van der Waals surface area (Å²) in [7, 11) is -3.54. The summed E-state index contributed by atoms with van der Waals surface area (Å²) >= 11 is 0. The van der Waals surface area contributed by atoms with Crippen LogP contribution in [0.25, 0.3) is 0 Å². The second-order valence-corrected chi connectivity index (χ2v) is 9.29. The second-order valence-electron chi connectivity index (χ2n) is 7.35. The van der Waals surface area contributed by atoms with Gasteiger partial charge in [-0.15, -0.1) is 0 Å². The normalized spacial score (nSPS) is 16.1. The molecular formula is C18H26FN3O5S. The van der Waals surface area contributed by atoms with Crippen LogP contribution in [0.3, 0.4) is 0 Å². The lowest BCUT2D eigenvalue weighted by molar-refractivity contribution is 0.0531. The molecule has 1 amide bonds. The zero-order chi connectivity index (χ0) is 20.8. The van der Waals surface area contributed by atoms with Gasteiger partial charge in [-0.05, 0) is 39.7 Å². The topological polar surface area (TPSA) is 97.8 Å². The Kier molecular flexibility index (Phi) is 7.36. The number of amides is 1. The minimum Gasteiger partial charge on any atom is -0.473 e. The highest BCUT2D eigenvalue weighted by atomic mass is 32.2. The molecule has 1 N–H and O–H groups in total. The molecule has 0 atom stereocenters. The Hall–Kier alpha value is -2.20. The van der Waals surface area contributed by atoms with E-state index in [2.05, 4.69) is 10.3 Å². The maximum atomic E-state index is 13.0. The van der Waals surface area contributed by atoms with Crippen molar-refractivity contribution >= 4 is 16.1 Å². The highest BCUT2D eigenvalue weighted by Gasteiger charge is 2.27. The average Bonchev–Trinajstić information content (AvgIpc) is 3.16. The molecular weight excluding hydrogens is 389 g/mol. The van der Waals surface area contributed by atoms with E-state index in [1.54, 1.807) is 20.8 Å². The van der Waals surface area contributed by atoms with E-state index in [0.29, 0.717) is 19.4 Å². The summed E-state index contributed by atoms with van der Waals surface area (Å²) in [5.41, 5.74) is -0.484. The first-order chi connectivity index (χ1) is 13.1. The Balaban J connectivity index is 1.87. The first kappa shape index (κ1) is 22.1. The van der Waals surface area contributed by atoms with E-state index >= 15 is 0 Å². The molecule has 0 unspecified atom stereocenters. The van der Waals surface area contributed by atoms with E-state index in [1.807, 2.05) is 0 Å². The predicted molar refractivity (Wildman–Crippen MR) is 101 cm³/mol. The number of sulfonamides is 1. The molecule has 0 spiro atoms. The Labute approximate surface area is 164 Å². The molecule has 1 aromatic heterocycles. The number of nitrogens with one attached hydrogen (secondary N) is 1. The molecule has 0 radical (unpaired) electrons. The molecule has 1 aliphatic heterocycles. The van der Waals surface area contributed by atoms with Crippen LogP contribution >= 0.6 is 0 Å². The third-order valence-electron chi connectivity index (χ3n) is 3.83. The monoisotopic (exact) mass is 415 g/mol. The van der Waals surface area contributed by atoms with Crippen LogP contribution in [0.2, 0.25) is 0 Å². The molecule has 0 aliphatic carbocycles. The third-order valence-corrected chi connectivity index (χ3v) is 5.71. The van der Waals surface area contributed by atoms with Crippen molar-refractivity contribution in [3.8, 4) is 5.88 Å². The summed E-state index contributed by atoms with van der Waals surface area (Å²) in [4.78, 5) is 15.7. The lowest BCUT2D eigenvalue weighted by Gasteiger charge is -2.20. The lowest BCUT2D eigenvalue weighted by atomic mass is 10.2. The molecule has 2 heterocycles. The minimum atomic E-state index is -3.54. The standard InChI is InChI=1S/C18H26FN3O5S/c1-18(2,3)27-17(23)21-11-14(10-19)13-26-16-7-6-15(12-20-16)28(24,25)22-8-4-5-9-22/h6-7,10,12H,4-5,8-9,11,13H2,1-3H3,(H,21,23)/b14-10+. The summed E-state index contributed by atoms with van der Waals surface area (Å²) in [5.74, 6) is 0.150. The van der Waals surface area contributed by atoms with Gasteiger partial charge in [-0.1, -0.05) is 0 Å². The van der Waals surface area contributed by atoms with Crippen LogP contribution in [0.1, 0.15) is 33.6 Å². The zero-order valence-corrected chi connectivity index (χ0v) is 17.1. The van der Waals surface area contributed by atoms with Crippen molar-refractivity contribution in [2.24, 2.45) is 0 Å². The Morgan fingerprint density at radius 3 is 2.54 bits per heavy atom. The molecule has 0 saturated carbocycles. The van der Waals surface area contributed by atoms with E-state index in [0.717, 1.165) is 12.8 Å². The second kappa shape index (κ2) is 9.33. The van der Waals surface area contributed by atoms with Gasteiger partial charge in [0, 0.05) is 31.3 Å². The highest BCUT2D eigenvalue weighted by molar-refractivity contribution is 7.89. The Bertz CT molecular complexity index is 798. The zero-order valence-electron chi connectivity index (χ0n) is 16.3. The van der Waals surface area contributed by atoms with Crippen LogP contribution in [-0.2, 0) is 14.8 Å². The maximum absolute atomic E-state index is 13.0. The SMILES string of the molecule is CC(C)(C)OC(=O)NC/C(=C\F)COc1ccc(S(=O)(=O)N2CCCC2)cn1. The summed E-state index contributed by atoms with van der Waals surface area (Å²) in [6, 6.07) is 2.83. The average molecular weight is 415 g/mol. The van der Waals surface area contributed by atoms with Crippen molar-refractivity contribution in [2.45, 2.75) is 44.1 Å². The van der Waals surface area contributed by atoms with Gasteiger partial charge in [-0.25, -0.2) is 22.6 Å². The third kappa shape index (κ3) is 6.45. The largest absolute Gasteiger partial charge is 0.473 e. The molecule has 1 saturated heterocycles. The number of hydrogen-bond donors (Lipinski definition) is 1. The number of alkyl carbamates (subject to hydrolysis) is 1. The number of ether oxygens (including phenoxy) is 2. The van der Waals surface area contributed by atoms with Crippen LogP contribution in [0.15, 0.2) is 35.1 Å². The summed E-state index contributed by atoms with van der Waals surface area (Å²) in [6.45, 7) is 5.94. The number of halogens is 1. The van der Waals surface area contributed by atoms with E-state index in [1.165, 1.54) is 22.6 Å². The summed E-state index contributed by atoms with van der Waals surface area (Å²) in [5, 5.41) is 2.43. The molecule has 28 heavy (non-hydrogen) atoms. The van der Waals surface area contributed by atoms with Crippen molar-refractivity contribution in [1.82, 2.24) is 14.6 Å². The van der Waals surface area contributed by atoms with E-state index in [-0.39, 0.29) is 29.5 Å². The highest BCUT2D eigenvalue weighted by Crippen LogP contribution is 2.21. The first-order valence-corrected chi connectivity index (χ1v) is 10.4. The minimum absolute atomic E-state index is 0.0904. The van der Waals surface area contributed by atoms with Crippen LogP contribution in [0.5, 0.6) is 5.88 Å². The van der Waals surface area contributed by atoms with Gasteiger partial charge in [0.05, 0.1) is 12.5 Å². The van der Waals surface area contributed by atoms with Gasteiger partial charge in [0.25, 0.3) is 0 Å². The van der Waals surface area contributed by atoms with Crippen molar-refractivity contribution in [3.05, 3.63) is 30.2 Å². The van der Waals surface area contributed by atoms with E-state index in [4.69, 9.17) is 9.47 Å². The number of aromatic nitrogens is 1. The van der Waals surface area contributed by atoms with Crippen LogP contribution in [-0.4, -0.2) is 55.6 Å². The van der Waals surface area contributed by atoms with Gasteiger partial charge in [0.2, 0.25) is 15.9 Å². The molecule has 156 valence electrons. The fraction of sp³-hybridized carbons (Fsp3) is 0.556. The fourth-order valence-corrected chi connectivity index (χ4v) is 3.93. The molecule has 10 heteroatoms. The van der Waals surface area contributed by atoms with Gasteiger partial charge in [-0.3, -0.25) is 0 Å². The van der Waals surface area contributed by atoms with Crippen molar-refractivity contribution in [3.63, 3.8) is 0 Å². The predicted octanol–water partition coefficient (Wildman–Crippen LogP) is 2.62. The number of nitrogens with zero attached hydrogens (tertiary/aromatic N) is 2. The molecule has 1 aromatic rings. The van der Waals surface area contributed by atoms with Gasteiger partial charge >= 0.3 is 6.09 Å². The van der Waals surface area contributed by atoms with Crippen molar-refractivity contribution in [2.75, 3.05) is 26.2 Å².